The Hall–Kier alpha value is -2.30. The highest BCUT2D eigenvalue weighted by Crippen LogP contribution is 2.43. The molecular formula is C19H14Br2N2O5S. The number of nitrogens with zero attached hydrogens (tertiary/aromatic N) is 1. The summed E-state index contributed by atoms with van der Waals surface area (Å²) in [6.07, 6.45) is 1.33. The van der Waals surface area contributed by atoms with Crippen molar-refractivity contribution in [3.8, 4) is 11.5 Å². The predicted molar refractivity (Wildman–Crippen MR) is 118 cm³/mol. The third-order valence-electron chi connectivity index (χ3n) is 3.99. The van der Waals surface area contributed by atoms with Crippen molar-refractivity contribution < 1.29 is 24.6 Å². The molecule has 0 bridgehead atoms. The van der Waals surface area contributed by atoms with Gasteiger partial charge in [0.15, 0.2) is 0 Å². The monoisotopic (exact) mass is 540 g/mol. The zero-order valence-corrected chi connectivity index (χ0v) is 18.9. The molecule has 1 aliphatic heterocycles. The van der Waals surface area contributed by atoms with Crippen molar-refractivity contribution in [1.82, 2.24) is 4.90 Å². The molecule has 1 heterocycles. The van der Waals surface area contributed by atoms with Gasteiger partial charge in [-0.05, 0) is 74.8 Å². The molecule has 0 unspecified atom stereocenters. The van der Waals surface area contributed by atoms with Gasteiger partial charge in [-0.1, -0.05) is 17.7 Å². The third-order valence-corrected chi connectivity index (χ3v) is 6.26. The Morgan fingerprint density at radius 2 is 1.83 bits per heavy atom. The van der Waals surface area contributed by atoms with Gasteiger partial charge in [-0.2, -0.15) is 0 Å². The molecule has 0 aromatic heterocycles. The number of carbonyl (C=O) groups excluding carboxylic acids is 3. The van der Waals surface area contributed by atoms with Crippen LogP contribution in [0.2, 0.25) is 0 Å². The second-order valence-electron chi connectivity index (χ2n) is 6.14. The maximum Gasteiger partial charge on any atom is 0.294 e. The van der Waals surface area contributed by atoms with Gasteiger partial charge in [0.1, 0.15) is 22.5 Å². The van der Waals surface area contributed by atoms with Crippen LogP contribution in [0.25, 0.3) is 6.08 Å². The van der Waals surface area contributed by atoms with Gasteiger partial charge in [0.2, 0.25) is 5.91 Å². The second-order valence-corrected chi connectivity index (χ2v) is 8.78. The van der Waals surface area contributed by atoms with E-state index in [0.717, 1.165) is 10.5 Å². The smallest absolute Gasteiger partial charge is 0.294 e. The molecule has 29 heavy (non-hydrogen) atoms. The highest BCUT2D eigenvalue weighted by molar-refractivity contribution is 9.11. The summed E-state index contributed by atoms with van der Waals surface area (Å²) in [7, 11) is 0. The number of benzene rings is 2. The first-order chi connectivity index (χ1) is 13.7. The quantitative estimate of drug-likeness (QED) is 0.488. The van der Waals surface area contributed by atoms with Crippen LogP contribution in [0.3, 0.4) is 0 Å². The Balaban J connectivity index is 1.77. The van der Waals surface area contributed by atoms with Crippen LogP contribution >= 0.6 is 43.6 Å². The van der Waals surface area contributed by atoms with Crippen molar-refractivity contribution in [2.45, 2.75) is 6.92 Å². The van der Waals surface area contributed by atoms with Crippen LogP contribution in [0, 0.1) is 6.92 Å². The number of carbonyl (C=O) groups is 3. The van der Waals surface area contributed by atoms with E-state index in [0.29, 0.717) is 21.9 Å². The highest BCUT2D eigenvalue weighted by atomic mass is 79.9. The zero-order chi connectivity index (χ0) is 21.3. The van der Waals surface area contributed by atoms with E-state index in [1.165, 1.54) is 12.1 Å². The maximum atomic E-state index is 12.6. The van der Waals surface area contributed by atoms with Crippen LogP contribution in [0.1, 0.15) is 11.1 Å². The number of thioether (sulfide) groups is 1. The Morgan fingerprint density at radius 3 is 2.48 bits per heavy atom. The second kappa shape index (κ2) is 8.60. The topological polar surface area (TPSA) is 107 Å². The molecule has 150 valence electrons. The number of imide groups is 1. The molecular weight excluding hydrogens is 528 g/mol. The maximum absolute atomic E-state index is 12.6. The van der Waals surface area contributed by atoms with E-state index < -0.39 is 23.6 Å². The number of anilines is 1. The van der Waals surface area contributed by atoms with Gasteiger partial charge in [-0.25, -0.2) is 0 Å². The third kappa shape index (κ3) is 4.65. The number of aryl methyl sites for hydroxylation is 1. The van der Waals surface area contributed by atoms with Crippen LogP contribution in [0.5, 0.6) is 11.5 Å². The molecule has 0 radical (unpaired) electrons. The summed E-state index contributed by atoms with van der Waals surface area (Å²) in [4.78, 5) is 37.9. The predicted octanol–water partition coefficient (Wildman–Crippen LogP) is 4.61. The average Bonchev–Trinajstić information content (AvgIpc) is 2.93. The fourth-order valence-electron chi connectivity index (χ4n) is 2.49. The number of aromatic hydroxyl groups is 2. The van der Waals surface area contributed by atoms with Crippen molar-refractivity contribution in [2.24, 2.45) is 0 Å². The van der Waals surface area contributed by atoms with Gasteiger partial charge in [-0.3, -0.25) is 19.3 Å². The summed E-state index contributed by atoms with van der Waals surface area (Å²) in [5, 5.41) is 22.0. The molecule has 0 atom stereocenters. The van der Waals surface area contributed by atoms with Crippen molar-refractivity contribution >= 4 is 72.4 Å². The minimum atomic E-state index is -0.640. The van der Waals surface area contributed by atoms with Gasteiger partial charge in [-0.15, -0.1) is 0 Å². The van der Waals surface area contributed by atoms with Crippen molar-refractivity contribution in [3.63, 3.8) is 0 Å². The molecule has 3 N–H and O–H groups in total. The van der Waals surface area contributed by atoms with Crippen molar-refractivity contribution in [1.29, 1.82) is 0 Å². The molecule has 0 saturated carbocycles. The van der Waals surface area contributed by atoms with Crippen LogP contribution in [0.4, 0.5) is 10.5 Å². The van der Waals surface area contributed by atoms with Gasteiger partial charge < -0.3 is 15.5 Å². The summed E-state index contributed by atoms with van der Waals surface area (Å²) in [5.74, 6) is -1.62. The SMILES string of the molecule is Cc1ccc(NC(=O)CN2C(=O)S/C(=C\c3cc(Br)c(O)c(Br)c3O)C2=O)cc1. The number of rotatable bonds is 4. The number of hydrogen-bond donors (Lipinski definition) is 3. The fourth-order valence-corrected chi connectivity index (χ4v) is 4.47. The van der Waals surface area contributed by atoms with E-state index in [4.69, 9.17) is 0 Å². The van der Waals surface area contributed by atoms with E-state index in [1.807, 2.05) is 19.1 Å². The molecule has 7 nitrogen and oxygen atoms in total. The number of hydrogen-bond acceptors (Lipinski definition) is 6. The van der Waals surface area contributed by atoms with Crippen LogP contribution < -0.4 is 5.32 Å². The molecule has 2 aromatic rings. The zero-order valence-electron chi connectivity index (χ0n) is 14.9. The minimum absolute atomic E-state index is 0.0508. The summed E-state index contributed by atoms with van der Waals surface area (Å²) in [6.45, 7) is 1.49. The highest BCUT2D eigenvalue weighted by Gasteiger charge is 2.36. The van der Waals surface area contributed by atoms with E-state index in [2.05, 4.69) is 37.2 Å². The summed E-state index contributed by atoms with van der Waals surface area (Å²) >= 11 is 6.87. The van der Waals surface area contributed by atoms with Crippen molar-refractivity contribution in [3.05, 3.63) is 55.3 Å². The lowest BCUT2D eigenvalue weighted by molar-refractivity contribution is -0.127. The lowest BCUT2D eigenvalue weighted by Gasteiger charge is -2.12. The van der Waals surface area contributed by atoms with Crippen LogP contribution in [-0.4, -0.2) is 38.7 Å². The lowest BCUT2D eigenvalue weighted by Crippen LogP contribution is -2.36. The number of amides is 3. The van der Waals surface area contributed by atoms with Crippen molar-refractivity contribution in [2.75, 3.05) is 11.9 Å². The van der Waals surface area contributed by atoms with Gasteiger partial charge >= 0.3 is 0 Å². The lowest BCUT2D eigenvalue weighted by atomic mass is 10.1. The van der Waals surface area contributed by atoms with Gasteiger partial charge in [0.25, 0.3) is 11.1 Å². The molecule has 3 amide bonds. The minimum Gasteiger partial charge on any atom is -0.506 e. The Kier molecular flexibility index (Phi) is 6.35. The Morgan fingerprint density at radius 1 is 1.17 bits per heavy atom. The van der Waals surface area contributed by atoms with E-state index >= 15 is 0 Å². The normalized spacial score (nSPS) is 15.3. The van der Waals surface area contributed by atoms with Crippen LogP contribution in [0.15, 0.2) is 44.2 Å². The standard InChI is InChI=1S/C19H14Br2N2O5S/c1-9-2-4-11(5-3-9)22-14(24)8-23-18(27)13(29-19(23)28)7-10-6-12(20)17(26)15(21)16(10)25/h2-7,25-26H,8H2,1H3,(H,22,24)/b13-7-. The molecule has 3 rings (SSSR count). The number of halogens is 2. The Labute approximate surface area is 187 Å². The number of phenolic OH excluding ortho intramolecular Hbond substituents is 2. The number of phenols is 2. The molecule has 10 heteroatoms. The van der Waals surface area contributed by atoms with E-state index in [9.17, 15) is 24.6 Å². The van der Waals surface area contributed by atoms with Gasteiger partial charge in [0.05, 0.1) is 9.38 Å². The molecule has 1 saturated heterocycles. The van der Waals surface area contributed by atoms with E-state index in [1.54, 1.807) is 12.1 Å². The summed E-state index contributed by atoms with van der Waals surface area (Å²) in [6, 6.07) is 8.53. The molecule has 1 aliphatic rings. The Bertz CT molecular complexity index is 1050. The molecule has 0 spiro atoms. The van der Waals surface area contributed by atoms with Crippen LogP contribution in [-0.2, 0) is 9.59 Å². The number of nitrogens with one attached hydrogen (secondary N) is 1. The van der Waals surface area contributed by atoms with E-state index in [-0.39, 0.29) is 26.4 Å². The molecule has 0 aliphatic carbocycles. The molecule has 1 fully saturated rings. The first-order valence-electron chi connectivity index (χ1n) is 8.19. The largest absolute Gasteiger partial charge is 0.506 e. The first-order valence-corrected chi connectivity index (χ1v) is 10.6. The molecule has 2 aromatic carbocycles. The average molecular weight is 542 g/mol. The summed E-state index contributed by atoms with van der Waals surface area (Å²) < 4.78 is 0.347. The fraction of sp³-hybridized carbons (Fsp3) is 0.105. The first kappa shape index (κ1) is 21.4. The summed E-state index contributed by atoms with van der Waals surface area (Å²) in [5.41, 5.74) is 1.82. The van der Waals surface area contributed by atoms with Gasteiger partial charge in [0, 0.05) is 11.3 Å².